The second-order valence-electron chi connectivity index (χ2n) is 3.83. The van der Waals surface area contributed by atoms with Crippen LogP contribution in [0.15, 0.2) is 35.0 Å². The van der Waals surface area contributed by atoms with E-state index in [1.165, 1.54) is 18.8 Å². The molecule has 0 spiro atoms. The van der Waals surface area contributed by atoms with Crippen LogP contribution in [-0.4, -0.2) is 12.6 Å². The van der Waals surface area contributed by atoms with Crippen molar-refractivity contribution in [1.82, 2.24) is 0 Å². The van der Waals surface area contributed by atoms with Crippen molar-refractivity contribution in [3.05, 3.63) is 44.8 Å². The van der Waals surface area contributed by atoms with Gasteiger partial charge in [-0.2, -0.15) is 0 Å². The number of aldehydes is 2. The summed E-state index contributed by atoms with van der Waals surface area (Å²) in [5.41, 5.74) is 0. The molecular weight excluding hydrogens is 328 g/mol. The van der Waals surface area contributed by atoms with Crippen molar-refractivity contribution in [1.29, 1.82) is 0 Å². The van der Waals surface area contributed by atoms with Crippen LogP contribution in [0.3, 0.4) is 0 Å². The summed E-state index contributed by atoms with van der Waals surface area (Å²) < 4.78 is 4.86. The summed E-state index contributed by atoms with van der Waals surface area (Å²) in [7, 11) is 0. The summed E-state index contributed by atoms with van der Waals surface area (Å²) in [5, 5.41) is 4.07. The standard InChI is InChI=1S/2C7H4OS2/c2*8-4-5-3-7-6(10-5)1-2-9-7/h2*1-4H. The van der Waals surface area contributed by atoms with Crippen molar-refractivity contribution in [2.75, 3.05) is 0 Å². The number of rotatable bonds is 2. The number of fused-ring (bicyclic) bond motifs is 2. The summed E-state index contributed by atoms with van der Waals surface area (Å²) in [6.45, 7) is 0. The first-order chi connectivity index (χ1) is 9.80. The molecule has 0 aliphatic rings. The van der Waals surface area contributed by atoms with E-state index in [-0.39, 0.29) is 0 Å². The quantitative estimate of drug-likeness (QED) is 0.450. The molecule has 0 radical (unpaired) electrons. The van der Waals surface area contributed by atoms with E-state index in [1.54, 1.807) is 45.3 Å². The molecule has 0 amide bonds. The molecule has 0 saturated carbocycles. The highest BCUT2D eigenvalue weighted by Gasteiger charge is 2.00. The molecule has 0 aromatic carbocycles. The molecule has 4 aromatic rings. The smallest absolute Gasteiger partial charge is 0.160 e. The first-order valence-electron chi connectivity index (χ1n) is 5.64. The average molecular weight is 336 g/mol. The van der Waals surface area contributed by atoms with Gasteiger partial charge in [0, 0.05) is 18.8 Å². The van der Waals surface area contributed by atoms with Gasteiger partial charge in [0.05, 0.1) is 9.75 Å². The molecule has 0 bridgehead atoms. The lowest BCUT2D eigenvalue weighted by Crippen LogP contribution is -1.62. The van der Waals surface area contributed by atoms with E-state index >= 15 is 0 Å². The summed E-state index contributed by atoms with van der Waals surface area (Å²) in [6, 6.07) is 7.94. The van der Waals surface area contributed by atoms with E-state index in [2.05, 4.69) is 0 Å². The van der Waals surface area contributed by atoms with Crippen molar-refractivity contribution < 1.29 is 9.59 Å². The second kappa shape index (κ2) is 5.97. The Balaban J connectivity index is 0.000000121. The molecule has 0 fully saturated rings. The Morgan fingerprint density at radius 2 is 1.15 bits per heavy atom. The molecule has 20 heavy (non-hydrogen) atoms. The monoisotopic (exact) mass is 336 g/mol. The highest BCUT2D eigenvalue weighted by Crippen LogP contribution is 2.29. The second-order valence-corrected chi connectivity index (χ2v) is 7.96. The van der Waals surface area contributed by atoms with Crippen LogP contribution in [0.5, 0.6) is 0 Å². The third-order valence-electron chi connectivity index (χ3n) is 2.55. The molecule has 0 saturated heterocycles. The maximum atomic E-state index is 10.3. The van der Waals surface area contributed by atoms with Crippen LogP contribution >= 0.6 is 45.3 Å². The maximum absolute atomic E-state index is 10.3. The summed E-state index contributed by atoms with van der Waals surface area (Å²) in [5.74, 6) is 0. The van der Waals surface area contributed by atoms with Gasteiger partial charge in [0.25, 0.3) is 0 Å². The fraction of sp³-hybridized carbons (Fsp3) is 0. The Morgan fingerprint density at radius 3 is 1.50 bits per heavy atom. The molecule has 100 valence electrons. The minimum atomic E-state index is 0.821. The van der Waals surface area contributed by atoms with Crippen molar-refractivity contribution in [2.45, 2.75) is 0 Å². The zero-order chi connectivity index (χ0) is 13.9. The third-order valence-corrected chi connectivity index (χ3v) is 6.59. The molecule has 0 N–H and O–H groups in total. The normalized spacial score (nSPS) is 10.4. The lowest BCUT2D eigenvalue weighted by Gasteiger charge is -1.69. The van der Waals surface area contributed by atoms with Crippen LogP contribution in [0, 0.1) is 0 Å². The predicted octanol–water partition coefficient (Wildman–Crippen LogP) is 5.55. The fourth-order valence-corrected chi connectivity index (χ4v) is 5.55. The molecular formula is C14H8O2S4. The van der Waals surface area contributed by atoms with Crippen LogP contribution in [0.2, 0.25) is 0 Å². The minimum absolute atomic E-state index is 0.821. The molecule has 0 unspecified atom stereocenters. The summed E-state index contributed by atoms with van der Waals surface area (Å²) >= 11 is 6.44. The zero-order valence-electron chi connectivity index (χ0n) is 10.1. The molecule has 4 rings (SSSR count). The van der Waals surface area contributed by atoms with E-state index in [9.17, 15) is 9.59 Å². The fourth-order valence-electron chi connectivity index (χ4n) is 1.69. The molecule has 4 aromatic heterocycles. The lowest BCUT2D eigenvalue weighted by molar-refractivity contribution is 0.111. The highest BCUT2D eigenvalue weighted by atomic mass is 32.1. The van der Waals surface area contributed by atoms with Gasteiger partial charge in [0.15, 0.2) is 12.6 Å². The molecule has 0 atom stereocenters. The number of carbonyl (C=O) groups is 2. The Morgan fingerprint density at radius 1 is 0.700 bits per heavy atom. The number of hydrogen-bond acceptors (Lipinski definition) is 6. The van der Waals surface area contributed by atoms with Gasteiger partial charge in [-0.3, -0.25) is 9.59 Å². The third kappa shape index (κ3) is 2.73. The highest BCUT2D eigenvalue weighted by molar-refractivity contribution is 7.28. The summed E-state index contributed by atoms with van der Waals surface area (Å²) in [6.07, 6.45) is 1.80. The number of hydrogen-bond donors (Lipinski definition) is 0. The predicted molar refractivity (Wildman–Crippen MR) is 90.2 cm³/mol. The van der Waals surface area contributed by atoms with Gasteiger partial charge < -0.3 is 0 Å². The van der Waals surface area contributed by atoms with Crippen LogP contribution < -0.4 is 0 Å². The molecule has 2 nitrogen and oxygen atoms in total. The number of carbonyl (C=O) groups excluding carboxylic acids is 2. The van der Waals surface area contributed by atoms with Crippen molar-refractivity contribution in [3.63, 3.8) is 0 Å². The van der Waals surface area contributed by atoms with E-state index in [0.717, 1.165) is 22.3 Å². The topological polar surface area (TPSA) is 34.1 Å². The minimum Gasteiger partial charge on any atom is -0.297 e. The van der Waals surface area contributed by atoms with E-state index < -0.39 is 0 Å². The molecule has 0 aliphatic carbocycles. The Labute approximate surface area is 130 Å². The van der Waals surface area contributed by atoms with Gasteiger partial charge in [-0.05, 0) is 35.0 Å². The molecule has 4 heterocycles. The van der Waals surface area contributed by atoms with Crippen LogP contribution in [-0.2, 0) is 0 Å². The van der Waals surface area contributed by atoms with Crippen LogP contribution in [0.4, 0.5) is 0 Å². The van der Waals surface area contributed by atoms with Gasteiger partial charge in [-0.15, -0.1) is 45.3 Å². The Kier molecular flexibility index (Phi) is 4.07. The lowest BCUT2D eigenvalue weighted by atomic mass is 10.5. The molecule has 0 aliphatic heterocycles. The Bertz CT molecular complexity index is 732. The van der Waals surface area contributed by atoms with Crippen molar-refractivity contribution in [3.8, 4) is 0 Å². The van der Waals surface area contributed by atoms with Gasteiger partial charge >= 0.3 is 0 Å². The first kappa shape index (κ1) is 13.6. The van der Waals surface area contributed by atoms with Crippen molar-refractivity contribution in [2.24, 2.45) is 0 Å². The van der Waals surface area contributed by atoms with Crippen LogP contribution in [0.25, 0.3) is 18.8 Å². The number of thiophene rings is 4. The van der Waals surface area contributed by atoms with Gasteiger partial charge in [-0.1, -0.05) is 0 Å². The van der Waals surface area contributed by atoms with E-state index in [1.807, 2.05) is 35.0 Å². The maximum Gasteiger partial charge on any atom is 0.160 e. The largest absolute Gasteiger partial charge is 0.297 e. The summed E-state index contributed by atoms with van der Waals surface area (Å²) in [4.78, 5) is 22.2. The van der Waals surface area contributed by atoms with Gasteiger partial charge in [0.1, 0.15) is 0 Å². The first-order valence-corrected chi connectivity index (χ1v) is 9.04. The average Bonchev–Trinajstić information content (AvgIpc) is 3.17. The SMILES string of the molecule is O=Cc1cc2sccc2s1.O=Cc1cc2sccc2s1. The van der Waals surface area contributed by atoms with Crippen LogP contribution in [0.1, 0.15) is 19.3 Å². The van der Waals surface area contributed by atoms with E-state index in [0.29, 0.717) is 0 Å². The Hall–Kier alpha value is -1.34. The molecule has 6 heteroatoms. The zero-order valence-corrected chi connectivity index (χ0v) is 13.3. The van der Waals surface area contributed by atoms with Gasteiger partial charge in [-0.25, -0.2) is 0 Å². The van der Waals surface area contributed by atoms with Crippen molar-refractivity contribution >= 4 is 76.7 Å². The van der Waals surface area contributed by atoms with E-state index in [4.69, 9.17) is 0 Å². The van der Waals surface area contributed by atoms with Gasteiger partial charge in [0.2, 0.25) is 0 Å².